The van der Waals surface area contributed by atoms with Gasteiger partial charge in [0, 0.05) is 32.0 Å². The predicted molar refractivity (Wildman–Crippen MR) is 111 cm³/mol. The maximum atomic E-state index is 11.6. The van der Waals surface area contributed by atoms with Gasteiger partial charge in [-0.05, 0) is 38.0 Å². The van der Waals surface area contributed by atoms with Crippen LogP contribution in [0.15, 0.2) is 4.99 Å². The zero-order chi connectivity index (χ0) is 17.3. The SMILES string of the molecule is I.O=S1(=O)CCC(CN=C(NCC2COC3(CCCC3)O2)NC2CC2)C1. The molecule has 7 nitrogen and oxygen atoms in total. The van der Waals surface area contributed by atoms with Crippen molar-refractivity contribution in [3.8, 4) is 0 Å². The molecular weight excluding hydrogens is 469 g/mol. The minimum atomic E-state index is -2.84. The number of hydrogen-bond acceptors (Lipinski definition) is 5. The van der Waals surface area contributed by atoms with E-state index in [4.69, 9.17) is 9.47 Å². The molecule has 0 aromatic rings. The van der Waals surface area contributed by atoms with Gasteiger partial charge in [-0.25, -0.2) is 8.42 Å². The Morgan fingerprint density at radius 1 is 1.19 bits per heavy atom. The van der Waals surface area contributed by atoms with Gasteiger partial charge < -0.3 is 20.1 Å². The first-order valence-electron chi connectivity index (χ1n) is 9.59. The number of sulfone groups is 1. The molecule has 2 saturated carbocycles. The Bertz CT molecular complexity index is 617. The minimum absolute atomic E-state index is 0. The number of halogens is 1. The Hall–Kier alpha value is -0.130. The van der Waals surface area contributed by atoms with Crippen molar-refractivity contribution < 1.29 is 17.9 Å². The lowest BCUT2D eigenvalue weighted by Crippen LogP contribution is -2.43. The van der Waals surface area contributed by atoms with Crippen molar-refractivity contribution in [2.75, 3.05) is 31.2 Å². The third-order valence-electron chi connectivity index (χ3n) is 5.53. The van der Waals surface area contributed by atoms with Crippen LogP contribution in [-0.2, 0) is 19.3 Å². The van der Waals surface area contributed by atoms with E-state index in [1.54, 1.807) is 0 Å². The van der Waals surface area contributed by atoms with Crippen LogP contribution >= 0.6 is 24.0 Å². The first-order chi connectivity index (χ1) is 12.0. The molecule has 4 rings (SSSR count). The van der Waals surface area contributed by atoms with E-state index in [2.05, 4.69) is 15.6 Å². The molecule has 26 heavy (non-hydrogen) atoms. The Morgan fingerprint density at radius 2 is 1.96 bits per heavy atom. The molecule has 0 radical (unpaired) electrons. The van der Waals surface area contributed by atoms with E-state index in [0.29, 0.717) is 31.5 Å². The van der Waals surface area contributed by atoms with E-state index in [1.165, 1.54) is 25.7 Å². The van der Waals surface area contributed by atoms with Crippen molar-refractivity contribution in [3.63, 3.8) is 0 Å². The first-order valence-corrected chi connectivity index (χ1v) is 11.4. The monoisotopic (exact) mass is 499 g/mol. The molecule has 150 valence electrons. The van der Waals surface area contributed by atoms with E-state index in [-0.39, 0.29) is 47.5 Å². The van der Waals surface area contributed by atoms with Crippen molar-refractivity contribution in [3.05, 3.63) is 0 Å². The fourth-order valence-corrected chi connectivity index (χ4v) is 5.76. The Labute approximate surface area is 173 Å². The number of guanidine groups is 1. The molecular formula is C17H30IN3O4S. The summed E-state index contributed by atoms with van der Waals surface area (Å²) in [6.45, 7) is 1.86. The summed E-state index contributed by atoms with van der Waals surface area (Å²) in [6, 6.07) is 0.500. The smallest absolute Gasteiger partial charge is 0.191 e. The number of rotatable bonds is 5. The highest BCUT2D eigenvalue weighted by Crippen LogP contribution is 2.39. The number of hydrogen-bond donors (Lipinski definition) is 2. The van der Waals surface area contributed by atoms with Gasteiger partial charge in [0.25, 0.3) is 0 Å². The highest BCUT2D eigenvalue weighted by Gasteiger charge is 2.43. The molecule has 2 unspecified atom stereocenters. The van der Waals surface area contributed by atoms with Crippen LogP contribution in [0.2, 0.25) is 0 Å². The highest BCUT2D eigenvalue weighted by molar-refractivity contribution is 14.0. The summed E-state index contributed by atoms with van der Waals surface area (Å²) < 4.78 is 35.2. The number of nitrogens with one attached hydrogen (secondary N) is 2. The quantitative estimate of drug-likeness (QED) is 0.338. The van der Waals surface area contributed by atoms with Gasteiger partial charge in [-0.1, -0.05) is 0 Å². The largest absolute Gasteiger partial charge is 0.354 e. The summed E-state index contributed by atoms with van der Waals surface area (Å²) in [5.41, 5.74) is 0. The van der Waals surface area contributed by atoms with Crippen molar-refractivity contribution in [1.82, 2.24) is 10.6 Å². The van der Waals surface area contributed by atoms with Crippen LogP contribution in [0.5, 0.6) is 0 Å². The second kappa shape index (κ2) is 8.48. The average Bonchev–Trinajstić information content (AvgIpc) is 2.98. The normalized spacial score (nSPS) is 32.5. The van der Waals surface area contributed by atoms with E-state index in [9.17, 15) is 8.42 Å². The fourth-order valence-electron chi connectivity index (χ4n) is 3.91. The molecule has 0 aromatic heterocycles. The van der Waals surface area contributed by atoms with E-state index < -0.39 is 9.84 Å². The van der Waals surface area contributed by atoms with Crippen molar-refractivity contribution in [2.45, 2.75) is 62.9 Å². The number of ether oxygens (including phenoxy) is 2. The van der Waals surface area contributed by atoms with E-state index in [1.807, 2.05) is 0 Å². The highest BCUT2D eigenvalue weighted by atomic mass is 127. The molecule has 9 heteroatoms. The molecule has 2 heterocycles. The van der Waals surface area contributed by atoms with E-state index in [0.717, 1.165) is 25.2 Å². The number of nitrogens with zero attached hydrogens (tertiary/aromatic N) is 1. The second-order valence-electron chi connectivity index (χ2n) is 7.93. The standard InChI is InChI=1S/C17H29N3O4S.HI/c21-25(22)8-5-13(12-25)9-18-16(20-14-3-4-14)19-10-15-11-23-17(24-15)6-1-2-7-17;/h13-15H,1-12H2,(H2,18,19,20);1H. The molecule has 4 fully saturated rings. The molecule has 2 saturated heterocycles. The van der Waals surface area contributed by atoms with Crippen LogP contribution in [0, 0.1) is 5.92 Å². The summed E-state index contributed by atoms with van der Waals surface area (Å²) in [5, 5.41) is 6.78. The summed E-state index contributed by atoms with van der Waals surface area (Å²) in [5.74, 6) is 1.18. The molecule has 0 aromatic carbocycles. The summed E-state index contributed by atoms with van der Waals surface area (Å²) in [7, 11) is -2.84. The lowest BCUT2D eigenvalue weighted by Gasteiger charge is -2.22. The van der Waals surface area contributed by atoms with Crippen LogP contribution in [0.4, 0.5) is 0 Å². The van der Waals surface area contributed by atoms with Crippen molar-refractivity contribution in [2.24, 2.45) is 10.9 Å². The van der Waals surface area contributed by atoms with Gasteiger partial charge in [-0.3, -0.25) is 4.99 Å². The first kappa shape index (κ1) is 20.6. The maximum Gasteiger partial charge on any atom is 0.191 e. The lowest BCUT2D eigenvalue weighted by atomic mass is 10.1. The molecule has 4 aliphatic rings. The van der Waals surface area contributed by atoms with Gasteiger partial charge in [-0.15, -0.1) is 24.0 Å². The van der Waals surface area contributed by atoms with Gasteiger partial charge >= 0.3 is 0 Å². The molecule has 2 atom stereocenters. The predicted octanol–water partition coefficient (Wildman–Crippen LogP) is 1.42. The van der Waals surface area contributed by atoms with Crippen LogP contribution in [0.3, 0.4) is 0 Å². The Kier molecular flexibility index (Phi) is 6.72. The fraction of sp³-hybridized carbons (Fsp3) is 0.941. The van der Waals surface area contributed by atoms with Gasteiger partial charge in [0.2, 0.25) is 0 Å². The van der Waals surface area contributed by atoms with Gasteiger partial charge in [0.15, 0.2) is 21.6 Å². The minimum Gasteiger partial charge on any atom is -0.354 e. The zero-order valence-corrected chi connectivity index (χ0v) is 18.3. The molecule has 1 spiro atoms. The van der Waals surface area contributed by atoms with Crippen LogP contribution in [-0.4, -0.2) is 63.5 Å². The molecule has 2 aliphatic carbocycles. The molecule has 0 bridgehead atoms. The lowest BCUT2D eigenvalue weighted by molar-refractivity contribution is -0.160. The zero-order valence-electron chi connectivity index (χ0n) is 15.1. The molecule has 2 aliphatic heterocycles. The van der Waals surface area contributed by atoms with E-state index >= 15 is 0 Å². The van der Waals surface area contributed by atoms with Crippen molar-refractivity contribution in [1.29, 1.82) is 0 Å². The van der Waals surface area contributed by atoms with Crippen molar-refractivity contribution >= 4 is 39.8 Å². The van der Waals surface area contributed by atoms with Crippen LogP contribution in [0.1, 0.15) is 44.9 Å². The Morgan fingerprint density at radius 3 is 2.62 bits per heavy atom. The third-order valence-corrected chi connectivity index (χ3v) is 7.37. The van der Waals surface area contributed by atoms with Gasteiger partial charge in [0.1, 0.15) is 6.10 Å². The summed E-state index contributed by atoms with van der Waals surface area (Å²) in [6.07, 6.45) is 7.49. The Balaban J connectivity index is 0.00000196. The molecule has 2 N–H and O–H groups in total. The second-order valence-corrected chi connectivity index (χ2v) is 10.2. The third kappa shape index (κ3) is 5.45. The summed E-state index contributed by atoms with van der Waals surface area (Å²) in [4.78, 5) is 4.64. The van der Waals surface area contributed by atoms with Gasteiger partial charge in [0.05, 0.1) is 18.1 Å². The van der Waals surface area contributed by atoms with Gasteiger partial charge in [-0.2, -0.15) is 0 Å². The molecule has 0 amide bonds. The van der Waals surface area contributed by atoms with Crippen LogP contribution in [0.25, 0.3) is 0 Å². The average molecular weight is 499 g/mol. The number of aliphatic imine (C=N–C) groups is 1. The van der Waals surface area contributed by atoms with Crippen LogP contribution < -0.4 is 10.6 Å². The topological polar surface area (TPSA) is 89.0 Å². The maximum absolute atomic E-state index is 11.6. The summed E-state index contributed by atoms with van der Waals surface area (Å²) >= 11 is 0.